The third kappa shape index (κ3) is 2.73. The van der Waals surface area contributed by atoms with Crippen LogP contribution >= 0.6 is 0 Å². The van der Waals surface area contributed by atoms with Crippen molar-refractivity contribution < 1.29 is 13.2 Å². The van der Waals surface area contributed by atoms with E-state index in [1.807, 2.05) is 0 Å². The molecule has 1 rings (SSSR count). The Balaban J connectivity index is 3.17. The van der Waals surface area contributed by atoms with Gasteiger partial charge in [-0.3, -0.25) is 0 Å². The van der Waals surface area contributed by atoms with Gasteiger partial charge in [0, 0.05) is 6.26 Å². The van der Waals surface area contributed by atoms with Gasteiger partial charge in [-0.05, 0) is 26.0 Å². The molecule has 0 fully saturated rings. The lowest BCUT2D eigenvalue weighted by atomic mass is 10.3. The summed E-state index contributed by atoms with van der Waals surface area (Å²) in [4.78, 5) is 0.223. The van der Waals surface area contributed by atoms with E-state index in [1.165, 1.54) is 12.3 Å². The smallest absolute Gasteiger partial charge is 0.179 e. The summed E-state index contributed by atoms with van der Waals surface area (Å²) in [5.41, 5.74) is 0. The van der Waals surface area contributed by atoms with Crippen molar-refractivity contribution in [2.24, 2.45) is 0 Å². The molecule has 0 N–H and O–H groups in total. The summed E-state index contributed by atoms with van der Waals surface area (Å²) in [7, 11) is -3.22. The molecule has 1 radical (unpaired) electrons. The van der Waals surface area contributed by atoms with Gasteiger partial charge < -0.3 is 4.74 Å². The molecule has 0 aromatic heterocycles. The molecular formula is C10H13O3S. The quantitative estimate of drug-likeness (QED) is 0.771. The van der Waals surface area contributed by atoms with Crippen LogP contribution in [0.4, 0.5) is 0 Å². The first-order valence-electron chi connectivity index (χ1n) is 4.18. The fourth-order valence-electron chi connectivity index (χ4n) is 1.06. The molecule has 0 aliphatic carbocycles. The van der Waals surface area contributed by atoms with E-state index in [0.717, 1.165) is 0 Å². The maximum Gasteiger partial charge on any atom is 0.179 e. The normalized spacial score (nSPS) is 11.7. The van der Waals surface area contributed by atoms with Crippen molar-refractivity contribution in [3.63, 3.8) is 0 Å². The molecule has 0 amide bonds. The molecule has 3 nitrogen and oxygen atoms in total. The van der Waals surface area contributed by atoms with Crippen LogP contribution in [-0.2, 0) is 9.84 Å². The van der Waals surface area contributed by atoms with E-state index >= 15 is 0 Å². The first kappa shape index (κ1) is 11.0. The zero-order valence-corrected chi connectivity index (χ0v) is 9.26. The minimum atomic E-state index is -3.22. The molecule has 1 aromatic rings. The Kier molecular flexibility index (Phi) is 3.16. The van der Waals surface area contributed by atoms with Crippen molar-refractivity contribution in [1.82, 2.24) is 0 Å². The first-order valence-corrected chi connectivity index (χ1v) is 6.07. The minimum Gasteiger partial charge on any atom is -0.482 e. The van der Waals surface area contributed by atoms with Crippen LogP contribution in [0.5, 0.6) is 5.75 Å². The lowest BCUT2D eigenvalue weighted by Gasteiger charge is -2.11. The number of hydrogen-bond acceptors (Lipinski definition) is 3. The summed E-state index contributed by atoms with van der Waals surface area (Å²) < 4.78 is 28.0. The number of rotatable bonds is 3. The lowest BCUT2D eigenvalue weighted by Crippen LogP contribution is -2.04. The molecule has 0 saturated carbocycles. The predicted octanol–water partition coefficient (Wildman–Crippen LogP) is 2.04. The van der Waals surface area contributed by atoms with E-state index in [0.29, 0.717) is 11.9 Å². The summed E-state index contributed by atoms with van der Waals surface area (Å²) in [5, 5.41) is 0. The highest BCUT2D eigenvalue weighted by molar-refractivity contribution is 7.90. The summed E-state index contributed by atoms with van der Waals surface area (Å²) >= 11 is 0. The topological polar surface area (TPSA) is 43.4 Å². The van der Waals surface area contributed by atoms with Crippen molar-refractivity contribution in [2.75, 3.05) is 6.26 Å². The van der Waals surface area contributed by atoms with Crippen molar-refractivity contribution in [3.05, 3.63) is 30.4 Å². The van der Waals surface area contributed by atoms with Crippen LogP contribution in [0.1, 0.15) is 13.8 Å². The standard InChI is InChI=1S/C10H13O3S/c1-8(2)13-9-6-4-5-7-10(9)14(3,11)12/h4-7H,1-3H3. The molecular weight excluding hydrogens is 200 g/mol. The van der Waals surface area contributed by atoms with Crippen molar-refractivity contribution in [2.45, 2.75) is 18.7 Å². The fourth-order valence-corrected chi connectivity index (χ4v) is 1.86. The van der Waals surface area contributed by atoms with E-state index in [2.05, 4.69) is 0 Å². The summed E-state index contributed by atoms with van der Waals surface area (Å²) in [6.07, 6.45) is 1.88. The monoisotopic (exact) mass is 213 g/mol. The van der Waals surface area contributed by atoms with E-state index in [9.17, 15) is 8.42 Å². The molecule has 0 heterocycles. The second-order valence-electron chi connectivity index (χ2n) is 3.23. The van der Waals surface area contributed by atoms with E-state index < -0.39 is 9.84 Å². The van der Waals surface area contributed by atoms with Gasteiger partial charge in [0.05, 0.1) is 0 Å². The van der Waals surface area contributed by atoms with Gasteiger partial charge in [-0.15, -0.1) is 0 Å². The molecule has 0 saturated heterocycles. The number of ether oxygens (including phenoxy) is 1. The van der Waals surface area contributed by atoms with Crippen LogP contribution in [0.15, 0.2) is 29.2 Å². The Morgan fingerprint density at radius 1 is 1.21 bits per heavy atom. The van der Waals surface area contributed by atoms with Crippen LogP contribution in [0.3, 0.4) is 0 Å². The van der Waals surface area contributed by atoms with Gasteiger partial charge in [-0.25, -0.2) is 8.42 Å². The van der Waals surface area contributed by atoms with Gasteiger partial charge in [-0.1, -0.05) is 12.1 Å². The average molecular weight is 213 g/mol. The molecule has 0 spiro atoms. The minimum absolute atomic E-state index is 0.223. The number of hydrogen-bond donors (Lipinski definition) is 0. The van der Waals surface area contributed by atoms with Crippen molar-refractivity contribution >= 4 is 9.84 Å². The Morgan fingerprint density at radius 3 is 2.29 bits per heavy atom. The molecule has 1 aromatic carbocycles. The molecule has 0 aliphatic rings. The Hall–Kier alpha value is -1.03. The zero-order valence-electron chi connectivity index (χ0n) is 8.44. The molecule has 4 heteroatoms. The van der Waals surface area contributed by atoms with E-state index in [-0.39, 0.29) is 4.90 Å². The predicted molar refractivity (Wildman–Crippen MR) is 54.8 cm³/mol. The summed E-state index contributed by atoms with van der Waals surface area (Å²) in [6, 6.07) is 6.60. The third-order valence-corrected chi connectivity index (χ3v) is 2.70. The largest absolute Gasteiger partial charge is 0.482 e. The highest BCUT2D eigenvalue weighted by Gasteiger charge is 2.14. The zero-order chi connectivity index (χ0) is 10.8. The Morgan fingerprint density at radius 2 is 1.79 bits per heavy atom. The molecule has 14 heavy (non-hydrogen) atoms. The van der Waals surface area contributed by atoms with Crippen LogP contribution < -0.4 is 4.74 Å². The first-order chi connectivity index (χ1) is 6.41. The molecule has 0 atom stereocenters. The fraction of sp³-hybridized carbons (Fsp3) is 0.300. The number of benzene rings is 1. The van der Waals surface area contributed by atoms with Crippen LogP contribution in [0.2, 0.25) is 0 Å². The highest BCUT2D eigenvalue weighted by atomic mass is 32.2. The second-order valence-corrected chi connectivity index (χ2v) is 5.21. The van der Waals surface area contributed by atoms with Crippen LogP contribution in [0, 0.1) is 6.10 Å². The summed E-state index contributed by atoms with van der Waals surface area (Å²) in [6.45, 7) is 3.55. The molecule has 0 bridgehead atoms. The average Bonchev–Trinajstić information content (AvgIpc) is 2.01. The van der Waals surface area contributed by atoms with Crippen molar-refractivity contribution in [3.8, 4) is 5.75 Å². The van der Waals surface area contributed by atoms with Gasteiger partial charge in [0.15, 0.2) is 9.84 Å². The molecule has 0 aliphatic heterocycles. The van der Waals surface area contributed by atoms with Crippen LogP contribution in [-0.4, -0.2) is 14.7 Å². The van der Waals surface area contributed by atoms with E-state index in [4.69, 9.17) is 4.74 Å². The highest BCUT2D eigenvalue weighted by Crippen LogP contribution is 2.25. The Bertz CT molecular complexity index is 407. The van der Waals surface area contributed by atoms with Gasteiger partial charge in [0.1, 0.15) is 16.7 Å². The number of sulfone groups is 1. The lowest BCUT2D eigenvalue weighted by molar-refractivity contribution is 0.336. The molecule has 77 valence electrons. The maximum absolute atomic E-state index is 11.3. The van der Waals surface area contributed by atoms with Crippen molar-refractivity contribution in [1.29, 1.82) is 0 Å². The van der Waals surface area contributed by atoms with Gasteiger partial charge in [0.2, 0.25) is 0 Å². The Labute approximate surface area is 84.6 Å². The van der Waals surface area contributed by atoms with Gasteiger partial charge in [0.25, 0.3) is 0 Å². The second kappa shape index (κ2) is 4.00. The summed E-state index contributed by atoms with van der Waals surface area (Å²) in [5.74, 6) is 0.384. The third-order valence-electron chi connectivity index (χ3n) is 1.56. The van der Waals surface area contributed by atoms with E-state index in [1.54, 1.807) is 32.0 Å². The SMILES string of the molecule is C[C](C)Oc1ccccc1S(C)(=O)=O. The van der Waals surface area contributed by atoms with Crippen LogP contribution in [0.25, 0.3) is 0 Å². The van der Waals surface area contributed by atoms with Gasteiger partial charge >= 0.3 is 0 Å². The maximum atomic E-state index is 11.3. The number of para-hydroxylation sites is 1. The molecule has 0 unspecified atom stereocenters. The van der Waals surface area contributed by atoms with Gasteiger partial charge in [-0.2, -0.15) is 0 Å².